The van der Waals surface area contributed by atoms with Crippen LogP contribution in [0.25, 0.3) is 0 Å². The third kappa shape index (κ3) is 4.79. The molecule has 0 fully saturated rings. The number of anilines is 1. The second kappa shape index (κ2) is 8.87. The first-order valence-corrected chi connectivity index (χ1v) is 8.96. The number of amides is 1. The van der Waals surface area contributed by atoms with Gasteiger partial charge in [-0.05, 0) is 42.8 Å². The van der Waals surface area contributed by atoms with Crippen molar-refractivity contribution < 1.29 is 24.4 Å². The van der Waals surface area contributed by atoms with Crippen LogP contribution in [0, 0.1) is 17.0 Å². The fourth-order valence-electron chi connectivity index (χ4n) is 2.77. The van der Waals surface area contributed by atoms with Crippen LogP contribution >= 0.6 is 0 Å². The number of aromatic hydroxyl groups is 1. The summed E-state index contributed by atoms with van der Waals surface area (Å²) in [5.74, 6) is -1.53. The molecule has 8 heteroatoms. The standard InChI is InChI=1S/C22H18N2O6/c1-14-7-12-18(19(13-14)24(28)29)23-21(26)20(15-5-3-2-4-6-15)30-22(27)16-8-10-17(25)11-9-16/h2-13,20,25H,1H3,(H,23,26). The lowest BCUT2D eigenvalue weighted by Gasteiger charge is -2.18. The molecular weight excluding hydrogens is 388 g/mol. The number of nitro benzene ring substituents is 1. The minimum absolute atomic E-state index is 0.00258. The van der Waals surface area contributed by atoms with Gasteiger partial charge in [0.25, 0.3) is 11.6 Å². The summed E-state index contributed by atoms with van der Waals surface area (Å²) >= 11 is 0. The van der Waals surface area contributed by atoms with Gasteiger partial charge in [-0.3, -0.25) is 14.9 Å². The van der Waals surface area contributed by atoms with Crippen LogP contribution in [0.1, 0.15) is 27.6 Å². The number of carbonyl (C=O) groups is 2. The molecule has 2 N–H and O–H groups in total. The van der Waals surface area contributed by atoms with Gasteiger partial charge in [-0.1, -0.05) is 36.4 Å². The molecule has 0 saturated carbocycles. The fraction of sp³-hybridized carbons (Fsp3) is 0.0909. The molecule has 0 heterocycles. The zero-order chi connectivity index (χ0) is 21.7. The van der Waals surface area contributed by atoms with E-state index in [1.807, 2.05) is 0 Å². The Morgan fingerprint density at radius 2 is 1.70 bits per heavy atom. The predicted molar refractivity (Wildman–Crippen MR) is 109 cm³/mol. The molecular formula is C22H18N2O6. The van der Waals surface area contributed by atoms with Gasteiger partial charge in [0, 0.05) is 11.6 Å². The Hall–Kier alpha value is -4.20. The van der Waals surface area contributed by atoms with Crippen molar-refractivity contribution >= 4 is 23.3 Å². The third-order valence-corrected chi connectivity index (χ3v) is 4.28. The summed E-state index contributed by atoms with van der Waals surface area (Å²) in [4.78, 5) is 36.2. The van der Waals surface area contributed by atoms with Gasteiger partial charge in [0.1, 0.15) is 11.4 Å². The van der Waals surface area contributed by atoms with Crippen molar-refractivity contribution in [2.75, 3.05) is 5.32 Å². The van der Waals surface area contributed by atoms with Gasteiger partial charge in [0.15, 0.2) is 0 Å². The van der Waals surface area contributed by atoms with Gasteiger partial charge in [0.05, 0.1) is 10.5 Å². The number of ether oxygens (including phenoxy) is 1. The van der Waals surface area contributed by atoms with E-state index < -0.39 is 22.9 Å². The van der Waals surface area contributed by atoms with Crippen LogP contribution in [0.4, 0.5) is 11.4 Å². The van der Waals surface area contributed by atoms with Crippen LogP contribution in [-0.4, -0.2) is 21.9 Å². The molecule has 1 atom stereocenters. The van der Waals surface area contributed by atoms with Gasteiger partial charge < -0.3 is 15.2 Å². The summed E-state index contributed by atoms with van der Waals surface area (Å²) in [7, 11) is 0. The summed E-state index contributed by atoms with van der Waals surface area (Å²) < 4.78 is 5.42. The highest BCUT2D eigenvalue weighted by Gasteiger charge is 2.27. The molecule has 8 nitrogen and oxygen atoms in total. The minimum Gasteiger partial charge on any atom is -0.508 e. The van der Waals surface area contributed by atoms with E-state index in [0.29, 0.717) is 11.1 Å². The number of nitrogens with zero attached hydrogens (tertiary/aromatic N) is 1. The molecule has 0 saturated heterocycles. The van der Waals surface area contributed by atoms with E-state index in [4.69, 9.17) is 4.74 Å². The molecule has 0 bridgehead atoms. The van der Waals surface area contributed by atoms with E-state index in [2.05, 4.69) is 5.32 Å². The Balaban J connectivity index is 1.89. The number of aryl methyl sites for hydroxylation is 1. The Morgan fingerprint density at radius 3 is 2.33 bits per heavy atom. The number of phenols is 1. The summed E-state index contributed by atoms with van der Waals surface area (Å²) in [5, 5.41) is 23.2. The number of nitrogens with one attached hydrogen (secondary N) is 1. The molecule has 0 radical (unpaired) electrons. The van der Waals surface area contributed by atoms with E-state index in [0.717, 1.165) is 0 Å². The number of carbonyl (C=O) groups excluding carboxylic acids is 2. The van der Waals surface area contributed by atoms with E-state index in [9.17, 15) is 24.8 Å². The maximum atomic E-state index is 12.9. The summed E-state index contributed by atoms with van der Waals surface area (Å²) in [6.45, 7) is 1.70. The van der Waals surface area contributed by atoms with E-state index in [1.165, 1.54) is 36.4 Å². The molecule has 3 rings (SSSR count). The van der Waals surface area contributed by atoms with Crippen molar-refractivity contribution in [3.8, 4) is 5.75 Å². The summed E-state index contributed by atoms with van der Waals surface area (Å²) in [6.07, 6.45) is -1.34. The SMILES string of the molecule is Cc1ccc(NC(=O)C(OC(=O)c2ccc(O)cc2)c2ccccc2)c([N+](=O)[O-])c1. The van der Waals surface area contributed by atoms with Gasteiger partial charge >= 0.3 is 5.97 Å². The zero-order valence-electron chi connectivity index (χ0n) is 15.9. The normalized spacial score (nSPS) is 11.4. The van der Waals surface area contributed by atoms with Gasteiger partial charge in [0.2, 0.25) is 6.10 Å². The Bertz CT molecular complexity index is 1080. The lowest BCUT2D eigenvalue weighted by atomic mass is 10.1. The number of hydrogen-bond acceptors (Lipinski definition) is 6. The van der Waals surface area contributed by atoms with Crippen LogP contribution < -0.4 is 5.32 Å². The number of hydrogen-bond donors (Lipinski definition) is 2. The average Bonchev–Trinajstić information content (AvgIpc) is 2.74. The number of phenolic OH excluding ortho intramolecular Hbond substituents is 1. The topological polar surface area (TPSA) is 119 Å². The second-order valence-corrected chi connectivity index (χ2v) is 6.51. The molecule has 0 aliphatic heterocycles. The molecule has 152 valence electrons. The maximum Gasteiger partial charge on any atom is 0.339 e. The first-order valence-electron chi connectivity index (χ1n) is 8.96. The Morgan fingerprint density at radius 1 is 1.03 bits per heavy atom. The molecule has 3 aromatic rings. The minimum atomic E-state index is -1.34. The van der Waals surface area contributed by atoms with Crippen molar-refractivity contribution in [1.29, 1.82) is 0 Å². The molecule has 0 aromatic heterocycles. The lowest BCUT2D eigenvalue weighted by molar-refractivity contribution is -0.384. The van der Waals surface area contributed by atoms with Gasteiger partial charge in [-0.15, -0.1) is 0 Å². The Labute approximate surface area is 171 Å². The summed E-state index contributed by atoms with van der Waals surface area (Å²) in [6, 6.07) is 18.1. The zero-order valence-corrected chi connectivity index (χ0v) is 15.9. The molecule has 1 amide bonds. The van der Waals surface area contributed by atoms with Crippen LogP contribution in [0.3, 0.4) is 0 Å². The van der Waals surface area contributed by atoms with Crippen molar-refractivity contribution in [3.63, 3.8) is 0 Å². The molecule has 0 aliphatic rings. The van der Waals surface area contributed by atoms with Gasteiger partial charge in [-0.25, -0.2) is 4.79 Å². The number of nitro groups is 1. The average molecular weight is 406 g/mol. The van der Waals surface area contributed by atoms with Crippen molar-refractivity contribution in [2.45, 2.75) is 13.0 Å². The molecule has 1 unspecified atom stereocenters. The highest BCUT2D eigenvalue weighted by molar-refractivity contribution is 5.99. The highest BCUT2D eigenvalue weighted by atomic mass is 16.6. The van der Waals surface area contributed by atoms with Crippen LogP contribution in [0.5, 0.6) is 5.75 Å². The predicted octanol–water partition coefficient (Wildman–Crippen LogP) is 4.15. The smallest absolute Gasteiger partial charge is 0.339 e. The van der Waals surface area contributed by atoms with Crippen molar-refractivity contribution in [2.24, 2.45) is 0 Å². The van der Waals surface area contributed by atoms with Crippen LogP contribution in [0.15, 0.2) is 72.8 Å². The molecule has 3 aromatic carbocycles. The number of esters is 1. The quantitative estimate of drug-likeness (QED) is 0.361. The fourth-order valence-corrected chi connectivity index (χ4v) is 2.77. The van der Waals surface area contributed by atoms with Crippen LogP contribution in [-0.2, 0) is 9.53 Å². The van der Waals surface area contributed by atoms with E-state index in [-0.39, 0.29) is 22.7 Å². The van der Waals surface area contributed by atoms with Gasteiger partial charge in [-0.2, -0.15) is 0 Å². The Kier molecular flexibility index (Phi) is 6.07. The lowest BCUT2D eigenvalue weighted by Crippen LogP contribution is -2.26. The van der Waals surface area contributed by atoms with Crippen molar-refractivity contribution in [3.05, 3.63) is 99.6 Å². The monoisotopic (exact) mass is 406 g/mol. The third-order valence-electron chi connectivity index (χ3n) is 4.28. The number of benzene rings is 3. The van der Waals surface area contributed by atoms with Crippen molar-refractivity contribution in [1.82, 2.24) is 0 Å². The molecule has 0 aliphatic carbocycles. The van der Waals surface area contributed by atoms with E-state index in [1.54, 1.807) is 43.3 Å². The number of rotatable bonds is 6. The second-order valence-electron chi connectivity index (χ2n) is 6.51. The first kappa shape index (κ1) is 20.5. The van der Waals surface area contributed by atoms with E-state index >= 15 is 0 Å². The maximum absolute atomic E-state index is 12.9. The molecule has 30 heavy (non-hydrogen) atoms. The van der Waals surface area contributed by atoms with Crippen LogP contribution in [0.2, 0.25) is 0 Å². The molecule has 0 spiro atoms. The highest BCUT2D eigenvalue weighted by Crippen LogP contribution is 2.28. The summed E-state index contributed by atoms with van der Waals surface area (Å²) in [5.41, 5.74) is 0.940. The largest absolute Gasteiger partial charge is 0.508 e. The first-order chi connectivity index (χ1) is 14.3.